The predicted octanol–water partition coefficient (Wildman–Crippen LogP) is 5.34. The normalized spacial score (nSPS) is 14.1. The molecule has 0 unspecified atom stereocenters. The molecule has 2 N–H and O–H groups in total. The van der Waals surface area contributed by atoms with Crippen LogP contribution in [0, 0.1) is 0 Å². The van der Waals surface area contributed by atoms with Crippen LogP contribution in [-0.4, -0.2) is 30.9 Å². The molecule has 1 saturated carbocycles. The summed E-state index contributed by atoms with van der Waals surface area (Å²) in [7, 11) is 1.28. The Morgan fingerprint density at radius 2 is 1.62 bits per heavy atom. The third-order valence-corrected chi connectivity index (χ3v) is 6.19. The van der Waals surface area contributed by atoms with Gasteiger partial charge in [-0.05, 0) is 65.9 Å². The van der Waals surface area contributed by atoms with Gasteiger partial charge in [0.1, 0.15) is 0 Å². The van der Waals surface area contributed by atoms with Gasteiger partial charge in [-0.15, -0.1) is 0 Å². The van der Waals surface area contributed by atoms with Crippen molar-refractivity contribution in [1.82, 2.24) is 5.32 Å². The lowest BCUT2D eigenvalue weighted by Gasteiger charge is -2.14. The van der Waals surface area contributed by atoms with Gasteiger partial charge in [-0.1, -0.05) is 49.2 Å². The maximum Gasteiger partial charge on any atom is 0.339 e. The van der Waals surface area contributed by atoms with Crippen molar-refractivity contribution in [3.05, 3.63) is 83.4 Å². The van der Waals surface area contributed by atoms with Crippen molar-refractivity contribution >= 4 is 39.8 Å². The van der Waals surface area contributed by atoms with Gasteiger partial charge in [0.05, 0.1) is 18.4 Å². The number of amides is 2. The number of hydrogen-bond acceptors (Lipinski definition) is 4. The first kappa shape index (κ1) is 23.2. The molecule has 3 aromatic carbocycles. The van der Waals surface area contributed by atoms with Gasteiger partial charge >= 0.3 is 5.97 Å². The number of nitrogens with one attached hydrogen (secondary N) is 2. The summed E-state index contributed by atoms with van der Waals surface area (Å²) in [4.78, 5) is 37.8. The van der Waals surface area contributed by atoms with E-state index < -0.39 is 11.9 Å². The van der Waals surface area contributed by atoms with E-state index >= 15 is 0 Å². The number of methoxy groups -OCH3 is 1. The van der Waals surface area contributed by atoms with E-state index in [0.29, 0.717) is 5.56 Å². The summed E-state index contributed by atoms with van der Waals surface area (Å²) in [6, 6.07) is 18.8. The van der Waals surface area contributed by atoms with Gasteiger partial charge in [0.25, 0.3) is 5.91 Å². The van der Waals surface area contributed by atoms with Crippen molar-refractivity contribution < 1.29 is 19.1 Å². The quantitative estimate of drug-likeness (QED) is 0.387. The number of allylic oxidation sites excluding steroid dienone is 1. The summed E-state index contributed by atoms with van der Waals surface area (Å²) in [5.41, 5.74) is 2.50. The monoisotopic (exact) mass is 456 g/mol. The molecular formula is C28H28N2O4. The van der Waals surface area contributed by atoms with E-state index in [-0.39, 0.29) is 23.2 Å². The van der Waals surface area contributed by atoms with Gasteiger partial charge in [0, 0.05) is 17.7 Å². The second kappa shape index (κ2) is 10.3. The van der Waals surface area contributed by atoms with Gasteiger partial charge in [-0.3, -0.25) is 9.59 Å². The molecule has 174 valence electrons. The first-order valence-electron chi connectivity index (χ1n) is 11.5. The molecule has 3 aromatic rings. The van der Waals surface area contributed by atoms with Crippen LogP contribution in [0.25, 0.3) is 16.3 Å². The summed E-state index contributed by atoms with van der Waals surface area (Å²) in [6.45, 7) is 1.86. The molecule has 0 heterocycles. The van der Waals surface area contributed by atoms with Gasteiger partial charge in [0.15, 0.2) is 0 Å². The molecule has 0 spiro atoms. The van der Waals surface area contributed by atoms with Crippen LogP contribution in [0.3, 0.4) is 0 Å². The topological polar surface area (TPSA) is 84.5 Å². The molecule has 0 radical (unpaired) electrons. The van der Waals surface area contributed by atoms with Crippen LogP contribution in [0.1, 0.15) is 58.9 Å². The highest BCUT2D eigenvalue weighted by molar-refractivity contribution is 6.09. The molecule has 2 amide bonds. The van der Waals surface area contributed by atoms with E-state index in [2.05, 4.69) is 10.6 Å². The minimum atomic E-state index is -0.590. The third-order valence-electron chi connectivity index (χ3n) is 6.19. The zero-order valence-electron chi connectivity index (χ0n) is 19.4. The zero-order chi connectivity index (χ0) is 24.1. The maximum atomic E-state index is 12.8. The van der Waals surface area contributed by atoms with Crippen molar-refractivity contribution in [3.8, 4) is 0 Å². The van der Waals surface area contributed by atoms with Crippen LogP contribution >= 0.6 is 0 Å². The molecule has 6 heteroatoms. The number of ether oxygens (including phenoxy) is 1. The Hall–Kier alpha value is -3.93. The minimum absolute atomic E-state index is 0.165. The van der Waals surface area contributed by atoms with E-state index in [0.717, 1.165) is 47.6 Å². The molecule has 6 nitrogen and oxygen atoms in total. The van der Waals surface area contributed by atoms with E-state index in [1.54, 1.807) is 6.07 Å². The zero-order valence-corrected chi connectivity index (χ0v) is 19.4. The average molecular weight is 457 g/mol. The lowest BCUT2D eigenvalue weighted by atomic mass is 10.0. The smallest absolute Gasteiger partial charge is 0.339 e. The van der Waals surface area contributed by atoms with E-state index in [9.17, 15) is 14.4 Å². The first-order chi connectivity index (χ1) is 16.4. The molecule has 4 rings (SSSR count). The number of benzene rings is 3. The van der Waals surface area contributed by atoms with Crippen molar-refractivity contribution in [1.29, 1.82) is 0 Å². The summed E-state index contributed by atoms with van der Waals surface area (Å²) in [6.07, 6.45) is 5.63. The first-order valence-corrected chi connectivity index (χ1v) is 11.5. The summed E-state index contributed by atoms with van der Waals surface area (Å²) in [5, 5.41) is 7.99. The number of esters is 1. The van der Waals surface area contributed by atoms with Crippen LogP contribution in [0.5, 0.6) is 0 Å². The highest BCUT2D eigenvalue weighted by atomic mass is 16.5. The third kappa shape index (κ3) is 5.34. The van der Waals surface area contributed by atoms with Crippen molar-refractivity contribution in [2.24, 2.45) is 0 Å². The Bertz CT molecular complexity index is 1270. The lowest BCUT2D eigenvalue weighted by molar-refractivity contribution is -0.111. The number of fused-ring (bicyclic) bond motifs is 1. The molecule has 0 bridgehead atoms. The van der Waals surface area contributed by atoms with Crippen LogP contribution in [0.4, 0.5) is 5.69 Å². The highest BCUT2D eigenvalue weighted by Gasteiger charge is 2.20. The molecule has 0 atom stereocenters. The summed E-state index contributed by atoms with van der Waals surface area (Å²) in [5.74, 6) is -1.21. The highest BCUT2D eigenvalue weighted by Crippen LogP contribution is 2.23. The Labute approximate surface area is 199 Å². The number of carbonyl (C=O) groups is 3. The number of rotatable bonds is 6. The molecule has 1 aliphatic carbocycles. The van der Waals surface area contributed by atoms with Crippen molar-refractivity contribution in [3.63, 3.8) is 0 Å². The fourth-order valence-electron chi connectivity index (χ4n) is 4.30. The van der Waals surface area contributed by atoms with Crippen LogP contribution < -0.4 is 10.6 Å². The lowest BCUT2D eigenvalue weighted by Crippen LogP contribution is -2.32. The fraction of sp³-hybridized carbons (Fsp3) is 0.250. The summed E-state index contributed by atoms with van der Waals surface area (Å²) < 4.78 is 4.85. The van der Waals surface area contributed by atoms with Crippen LogP contribution in [0.2, 0.25) is 0 Å². The van der Waals surface area contributed by atoms with Gasteiger partial charge in [0.2, 0.25) is 5.91 Å². The van der Waals surface area contributed by atoms with E-state index in [4.69, 9.17) is 4.74 Å². The molecule has 1 aliphatic rings. The molecule has 0 aliphatic heterocycles. The minimum Gasteiger partial charge on any atom is -0.465 e. The van der Waals surface area contributed by atoms with E-state index in [1.165, 1.54) is 25.3 Å². The van der Waals surface area contributed by atoms with Crippen molar-refractivity contribution in [2.75, 3.05) is 12.4 Å². The number of hydrogen-bond donors (Lipinski definition) is 2. The second-order valence-corrected chi connectivity index (χ2v) is 8.59. The molecule has 0 saturated heterocycles. The SMILES string of the molecule is COC(=O)c1ccc(C(=O)NC2CCCC2)cc1NC(=O)C=C(C)c1ccc2ccccc2c1. The molecular weight excluding hydrogens is 428 g/mol. The second-order valence-electron chi connectivity index (χ2n) is 8.59. The maximum absolute atomic E-state index is 12.8. The standard InChI is InChI=1S/C28H28N2O4/c1-18(20-12-11-19-7-3-4-8-21(19)16-20)15-26(31)30-25-17-22(13-14-24(25)28(33)34-2)27(32)29-23-9-5-6-10-23/h3-4,7-8,11-17,23H,5-6,9-10H2,1-2H3,(H,29,32)(H,30,31). The molecule has 1 fully saturated rings. The Morgan fingerprint density at radius 1 is 0.912 bits per heavy atom. The molecule has 34 heavy (non-hydrogen) atoms. The van der Waals surface area contributed by atoms with Crippen LogP contribution in [-0.2, 0) is 9.53 Å². The summed E-state index contributed by atoms with van der Waals surface area (Å²) >= 11 is 0. The average Bonchev–Trinajstić information content (AvgIpc) is 3.36. The Morgan fingerprint density at radius 3 is 2.35 bits per heavy atom. The number of anilines is 1. The fourth-order valence-corrected chi connectivity index (χ4v) is 4.30. The van der Waals surface area contributed by atoms with Gasteiger partial charge in [-0.25, -0.2) is 4.79 Å². The Kier molecular flexibility index (Phi) is 7.07. The van der Waals surface area contributed by atoms with Crippen LogP contribution in [0.15, 0.2) is 66.7 Å². The largest absolute Gasteiger partial charge is 0.465 e. The Balaban J connectivity index is 1.56. The molecule has 0 aromatic heterocycles. The predicted molar refractivity (Wildman–Crippen MR) is 134 cm³/mol. The van der Waals surface area contributed by atoms with E-state index in [1.807, 2.05) is 49.4 Å². The number of carbonyl (C=O) groups excluding carboxylic acids is 3. The van der Waals surface area contributed by atoms with Gasteiger partial charge < -0.3 is 15.4 Å². The van der Waals surface area contributed by atoms with Gasteiger partial charge in [-0.2, -0.15) is 0 Å². The van der Waals surface area contributed by atoms with Crippen molar-refractivity contribution in [2.45, 2.75) is 38.6 Å².